The van der Waals surface area contributed by atoms with Crippen LogP contribution in [-0.4, -0.2) is 28.8 Å². The molecule has 1 fully saturated rings. The van der Waals surface area contributed by atoms with Crippen LogP contribution in [0.5, 0.6) is 0 Å². The Balaban J connectivity index is 1.47. The molecule has 3 aromatic rings. The number of aromatic nitrogens is 1. The maximum atomic E-state index is 12.8. The molecule has 1 unspecified atom stereocenters. The van der Waals surface area contributed by atoms with Crippen LogP contribution >= 0.6 is 0 Å². The van der Waals surface area contributed by atoms with Gasteiger partial charge in [-0.05, 0) is 37.1 Å². The van der Waals surface area contributed by atoms with Crippen molar-refractivity contribution in [1.29, 1.82) is 0 Å². The maximum Gasteiger partial charge on any atom is 0.415 e. The van der Waals surface area contributed by atoms with Gasteiger partial charge in [-0.3, -0.25) is 9.69 Å². The molecule has 0 bridgehead atoms. The van der Waals surface area contributed by atoms with Crippen LogP contribution in [0.3, 0.4) is 0 Å². The zero-order valence-corrected chi connectivity index (χ0v) is 17.6. The highest BCUT2D eigenvalue weighted by Crippen LogP contribution is 2.44. The SMILES string of the molecule is CC1(C)OC(=O)N(c2ccc(C3C=C(c4ncco4)C=NC3=O)cc2)[C@H]1c1ccccc1. The highest BCUT2D eigenvalue weighted by molar-refractivity contribution is 6.16. The first-order valence-corrected chi connectivity index (χ1v) is 10.3. The molecule has 2 aliphatic rings. The number of aliphatic imine (C=N–C) groups is 1. The molecule has 1 aromatic heterocycles. The van der Waals surface area contributed by atoms with E-state index in [0.29, 0.717) is 17.2 Å². The number of carbonyl (C=O) groups is 2. The average molecular weight is 427 g/mol. The molecule has 2 aliphatic heterocycles. The molecule has 160 valence electrons. The summed E-state index contributed by atoms with van der Waals surface area (Å²) in [5, 5.41) is 0. The molecule has 0 saturated carbocycles. The lowest BCUT2D eigenvalue weighted by molar-refractivity contribution is -0.118. The summed E-state index contributed by atoms with van der Waals surface area (Å²) in [6.45, 7) is 3.81. The summed E-state index contributed by atoms with van der Waals surface area (Å²) >= 11 is 0. The average Bonchev–Trinajstić information content (AvgIpc) is 3.40. The van der Waals surface area contributed by atoms with Crippen LogP contribution < -0.4 is 4.90 Å². The molecule has 1 saturated heterocycles. The highest BCUT2D eigenvalue weighted by Gasteiger charge is 2.49. The van der Waals surface area contributed by atoms with Gasteiger partial charge in [0.05, 0.1) is 17.7 Å². The van der Waals surface area contributed by atoms with E-state index in [1.165, 1.54) is 12.5 Å². The fourth-order valence-corrected chi connectivity index (χ4v) is 4.27. The molecule has 7 heteroatoms. The number of hydrogen-bond donors (Lipinski definition) is 0. The largest absolute Gasteiger partial charge is 0.444 e. The lowest BCUT2D eigenvalue weighted by Crippen LogP contribution is -2.33. The second-order valence-electron chi connectivity index (χ2n) is 8.28. The Morgan fingerprint density at radius 3 is 2.41 bits per heavy atom. The van der Waals surface area contributed by atoms with Crippen LogP contribution in [0.4, 0.5) is 10.5 Å². The molecule has 0 spiro atoms. The van der Waals surface area contributed by atoms with Crippen molar-refractivity contribution in [2.24, 2.45) is 4.99 Å². The third kappa shape index (κ3) is 3.41. The fourth-order valence-electron chi connectivity index (χ4n) is 4.27. The van der Waals surface area contributed by atoms with Crippen molar-refractivity contribution in [3.63, 3.8) is 0 Å². The van der Waals surface area contributed by atoms with Gasteiger partial charge in [0.15, 0.2) is 0 Å². The molecule has 2 atom stereocenters. The number of ether oxygens (including phenoxy) is 1. The van der Waals surface area contributed by atoms with Gasteiger partial charge in [0.25, 0.3) is 5.91 Å². The minimum atomic E-state index is -0.696. The Kier molecular flexibility index (Phi) is 4.74. The lowest BCUT2D eigenvalue weighted by atomic mass is 9.90. The van der Waals surface area contributed by atoms with E-state index in [4.69, 9.17) is 9.15 Å². The molecule has 2 amide bonds. The molecule has 0 aliphatic carbocycles. The minimum absolute atomic E-state index is 0.267. The van der Waals surface area contributed by atoms with Crippen LogP contribution in [0.1, 0.15) is 42.8 Å². The molecule has 3 heterocycles. The van der Waals surface area contributed by atoms with E-state index in [9.17, 15) is 9.59 Å². The van der Waals surface area contributed by atoms with E-state index < -0.39 is 17.6 Å². The molecule has 0 radical (unpaired) electrons. The summed E-state index contributed by atoms with van der Waals surface area (Å²) in [5.74, 6) is -0.407. The van der Waals surface area contributed by atoms with Crippen LogP contribution in [0, 0.1) is 0 Å². The van der Waals surface area contributed by atoms with Gasteiger partial charge >= 0.3 is 6.09 Å². The first-order valence-electron chi connectivity index (χ1n) is 10.3. The maximum absolute atomic E-state index is 12.8. The van der Waals surface area contributed by atoms with E-state index in [2.05, 4.69) is 9.98 Å². The van der Waals surface area contributed by atoms with Crippen molar-refractivity contribution >= 4 is 29.5 Å². The number of dihydropyridines is 1. The predicted molar refractivity (Wildman–Crippen MR) is 119 cm³/mol. The first-order chi connectivity index (χ1) is 15.4. The smallest absolute Gasteiger partial charge is 0.415 e. The summed E-state index contributed by atoms with van der Waals surface area (Å²) in [4.78, 5) is 35.0. The van der Waals surface area contributed by atoms with Crippen LogP contribution in [0.2, 0.25) is 0 Å². The van der Waals surface area contributed by atoms with Crippen LogP contribution in [0.15, 0.2) is 82.5 Å². The van der Waals surface area contributed by atoms with Crippen molar-refractivity contribution in [2.75, 3.05) is 4.90 Å². The number of benzene rings is 2. The summed E-state index contributed by atoms with van der Waals surface area (Å²) in [7, 11) is 0. The molecule has 0 N–H and O–H groups in total. The van der Waals surface area contributed by atoms with E-state index in [1.807, 2.05) is 68.4 Å². The monoisotopic (exact) mass is 427 g/mol. The van der Waals surface area contributed by atoms with E-state index in [1.54, 1.807) is 17.2 Å². The van der Waals surface area contributed by atoms with Gasteiger partial charge in [-0.1, -0.05) is 48.5 Å². The Labute approximate surface area is 185 Å². The van der Waals surface area contributed by atoms with Gasteiger partial charge in [-0.25, -0.2) is 14.8 Å². The quantitative estimate of drug-likeness (QED) is 0.589. The Morgan fingerprint density at radius 2 is 1.72 bits per heavy atom. The number of cyclic esters (lactones) is 1. The zero-order chi connectivity index (χ0) is 22.3. The Hall–Kier alpha value is -4.00. The number of allylic oxidation sites excluding steroid dienone is 1. The zero-order valence-electron chi connectivity index (χ0n) is 17.6. The van der Waals surface area contributed by atoms with Crippen molar-refractivity contribution in [3.05, 3.63) is 90.2 Å². The van der Waals surface area contributed by atoms with Gasteiger partial charge < -0.3 is 9.15 Å². The summed E-state index contributed by atoms with van der Waals surface area (Å²) in [6.07, 6.45) is 5.87. The van der Waals surface area contributed by atoms with Gasteiger partial charge in [0, 0.05) is 11.9 Å². The molecular weight excluding hydrogens is 406 g/mol. The van der Waals surface area contributed by atoms with Gasteiger partial charge in [0.1, 0.15) is 17.9 Å². The fraction of sp³-hybridized carbons (Fsp3) is 0.200. The third-order valence-electron chi connectivity index (χ3n) is 5.73. The number of rotatable bonds is 4. The highest BCUT2D eigenvalue weighted by atomic mass is 16.6. The molecule has 5 rings (SSSR count). The topological polar surface area (TPSA) is 85.0 Å². The standard InChI is InChI=1S/C25H21N3O4/c1-25(2)21(17-6-4-3-5-7-17)28(24(30)32-25)19-10-8-16(9-11-19)20-14-18(15-27-22(20)29)23-26-12-13-31-23/h3-15,20-21H,1-2H3/t20?,21-/m0/s1. The van der Waals surface area contributed by atoms with Gasteiger partial charge in [0.2, 0.25) is 5.89 Å². The number of carbonyl (C=O) groups excluding carboxylic acids is 2. The summed E-state index contributed by atoms with van der Waals surface area (Å²) < 4.78 is 11.0. The van der Waals surface area contributed by atoms with E-state index in [0.717, 1.165) is 11.1 Å². The normalized spacial score (nSPS) is 22.1. The summed E-state index contributed by atoms with van der Waals surface area (Å²) in [6, 6.07) is 16.9. The second-order valence-corrected chi connectivity index (χ2v) is 8.28. The summed E-state index contributed by atoms with van der Waals surface area (Å²) in [5.41, 5.74) is 2.41. The molecular formula is C25H21N3O4. The van der Waals surface area contributed by atoms with Crippen molar-refractivity contribution in [1.82, 2.24) is 4.98 Å². The predicted octanol–water partition coefficient (Wildman–Crippen LogP) is 4.93. The molecule has 7 nitrogen and oxygen atoms in total. The van der Waals surface area contributed by atoms with Crippen LogP contribution in [0.25, 0.3) is 5.57 Å². The first kappa shape index (κ1) is 19.9. The van der Waals surface area contributed by atoms with E-state index >= 15 is 0 Å². The third-order valence-corrected chi connectivity index (χ3v) is 5.73. The van der Waals surface area contributed by atoms with Gasteiger partial charge in [-0.15, -0.1) is 0 Å². The number of amides is 2. The molecule has 32 heavy (non-hydrogen) atoms. The van der Waals surface area contributed by atoms with Crippen molar-refractivity contribution in [2.45, 2.75) is 31.4 Å². The number of hydrogen-bond acceptors (Lipinski definition) is 5. The lowest BCUT2D eigenvalue weighted by Gasteiger charge is -2.29. The molecule has 2 aromatic carbocycles. The Bertz CT molecular complexity index is 1210. The van der Waals surface area contributed by atoms with E-state index in [-0.39, 0.29) is 11.9 Å². The number of anilines is 1. The second kappa shape index (κ2) is 7.60. The minimum Gasteiger partial charge on any atom is -0.444 e. The number of oxazole rings is 1. The van der Waals surface area contributed by atoms with Crippen LogP contribution in [-0.2, 0) is 9.53 Å². The van der Waals surface area contributed by atoms with Crippen molar-refractivity contribution < 1.29 is 18.7 Å². The van der Waals surface area contributed by atoms with Crippen molar-refractivity contribution in [3.8, 4) is 0 Å². The van der Waals surface area contributed by atoms with Gasteiger partial charge in [-0.2, -0.15) is 0 Å². The number of nitrogens with zero attached hydrogens (tertiary/aromatic N) is 3. The Morgan fingerprint density at radius 1 is 0.969 bits per heavy atom.